The summed E-state index contributed by atoms with van der Waals surface area (Å²) >= 11 is 0. The van der Waals surface area contributed by atoms with Crippen LogP contribution in [0, 0.1) is 0 Å². The number of carboxylic acid groups (broad SMARTS) is 4. The standard InChI is InChI=1S/4C2HF3O2.Mn/c4*3-2(4,5)1(6)7;/h4*(H,6,7);/p-4. The molecule has 0 amide bonds. The largest absolute Gasteiger partial charge is 0.542 e. The molecule has 0 saturated heterocycles. The number of alkyl halides is 12. The Kier molecular flexibility index (Phi) is 17.6. The number of carbonyl (C=O) groups excluding carboxylic acids is 4. The number of halogens is 12. The minimum Gasteiger partial charge on any atom is -0.542 e. The van der Waals surface area contributed by atoms with Gasteiger partial charge in [-0.05, 0) is 0 Å². The van der Waals surface area contributed by atoms with Crippen LogP contribution in [0.5, 0.6) is 0 Å². The second-order valence-electron chi connectivity index (χ2n) is 3.14. The molecule has 0 aromatic carbocycles. The third-order valence-corrected chi connectivity index (χ3v) is 0.926. The van der Waals surface area contributed by atoms with Gasteiger partial charge in [0.15, 0.2) is 0 Å². The summed E-state index contributed by atoms with van der Waals surface area (Å²) in [6, 6.07) is 0. The zero-order valence-corrected chi connectivity index (χ0v) is 13.4. The van der Waals surface area contributed by atoms with Crippen molar-refractivity contribution in [3.63, 3.8) is 0 Å². The van der Waals surface area contributed by atoms with Crippen molar-refractivity contribution in [3.8, 4) is 0 Å². The molecule has 0 spiro atoms. The smallest absolute Gasteiger partial charge is 0.430 e. The zero-order chi connectivity index (χ0) is 24.3. The third kappa shape index (κ3) is 30.5. The summed E-state index contributed by atoms with van der Waals surface area (Å²) in [5.41, 5.74) is 0. The van der Waals surface area contributed by atoms with E-state index >= 15 is 0 Å². The van der Waals surface area contributed by atoms with E-state index in [2.05, 4.69) is 0 Å². The number of hydrogen-bond acceptors (Lipinski definition) is 8. The molecule has 0 saturated carbocycles. The molecule has 0 aliphatic heterocycles. The van der Waals surface area contributed by atoms with Crippen LogP contribution in [0.25, 0.3) is 0 Å². The normalized spacial score (nSPS) is 10.9. The molecule has 1 radical (unpaired) electrons. The molecular weight excluding hydrogens is 507 g/mol. The van der Waals surface area contributed by atoms with Gasteiger partial charge in [0.05, 0.1) is 0 Å². The summed E-state index contributed by atoms with van der Waals surface area (Å²) in [6.45, 7) is 0. The second kappa shape index (κ2) is 13.7. The Labute approximate surface area is 159 Å². The molecule has 0 aliphatic carbocycles. The van der Waals surface area contributed by atoms with E-state index in [-0.39, 0.29) is 17.1 Å². The topological polar surface area (TPSA) is 161 Å². The van der Waals surface area contributed by atoms with Gasteiger partial charge >= 0.3 is 24.7 Å². The first-order valence-electron chi connectivity index (χ1n) is 4.90. The van der Waals surface area contributed by atoms with Gasteiger partial charge in [-0.25, -0.2) is 0 Å². The zero-order valence-electron chi connectivity index (χ0n) is 12.2. The van der Waals surface area contributed by atoms with Gasteiger partial charge in [-0.15, -0.1) is 0 Å². The van der Waals surface area contributed by atoms with Crippen LogP contribution in [-0.2, 0) is 36.2 Å². The Morgan fingerprint density at radius 2 is 0.414 bits per heavy atom. The van der Waals surface area contributed by atoms with Gasteiger partial charge in [0.1, 0.15) is 23.9 Å². The minimum atomic E-state index is -5.19. The van der Waals surface area contributed by atoms with Crippen molar-refractivity contribution in [2.45, 2.75) is 24.7 Å². The second-order valence-corrected chi connectivity index (χ2v) is 3.14. The van der Waals surface area contributed by atoms with E-state index in [1.807, 2.05) is 0 Å². The average molecular weight is 507 g/mol. The van der Waals surface area contributed by atoms with E-state index in [1.54, 1.807) is 0 Å². The summed E-state index contributed by atoms with van der Waals surface area (Å²) in [5.74, 6) is -12.0. The molecule has 0 aromatic rings. The van der Waals surface area contributed by atoms with Gasteiger partial charge < -0.3 is 39.6 Å². The van der Waals surface area contributed by atoms with Crippen LogP contribution in [0.1, 0.15) is 0 Å². The van der Waals surface area contributed by atoms with E-state index in [1.165, 1.54) is 0 Å². The number of carbonyl (C=O) groups is 4. The van der Waals surface area contributed by atoms with Gasteiger partial charge in [-0.3, -0.25) is 0 Å². The van der Waals surface area contributed by atoms with Crippen LogP contribution in [0.15, 0.2) is 0 Å². The first-order chi connectivity index (χ1) is 11.8. The maximum Gasteiger partial charge on any atom is 0.430 e. The van der Waals surface area contributed by atoms with E-state index in [0.29, 0.717) is 0 Å². The summed E-state index contributed by atoms with van der Waals surface area (Å²) in [5, 5.41) is 35.1. The molecule has 0 fully saturated rings. The van der Waals surface area contributed by atoms with Crippen molar-refractivity contribution in [2.24, 2.45) is 0 Å². The summed E-state index contributed by atoms with van der Waals surface area (Å²) in [4.78, 5) is 35.1. The third-order valence-electron chi connectivity index (χ3n) is 0.926. The summed E-state index contributed by atoms with van der Waals surface area (Å²) < 4.78 is 126. The maximum atomic E-state index is 10.5. The Hall–Kier alpha value is -2.44. The molecule has 0 rings (SSSR count). The van der Waals surface area contributed by atoms with Crippen molar-refractivity contribution in [1.82, 2.24) is 0 Å². The van der Waals surface area contributed by atoms with E-state index in [0.717, 1.165) is 0 Å². The summed E-state index contributed by atoms with van der Waals surface area (Å²) in [7, 11) is 0. The Morgan fingerprint density at radius 3 is 0.414 bits per heavy atom. The molecule has 0 aromatic heterocycles. The molecule has 0 heterocycles. The molecule has 0 bridgehead atoms. The number of hydrogen-bond donors (Lipinski definition) is 0. The van der Waals surface area contributed by atoms with Crippen LogP contribution < -0.4 is 20.4 Å². The average Bonchev–Trinajstić information content (AvgIpc) is 2.35. The van der Waals surface area contributed by atoms with Gasteiger partial charge in [0, 0.05) is 17.1 Å². The van der Waals surface area contributed by atoms with Crippen molar-refractivity contribution in [2.75, 3.05) is 0 Å². The minimum absolute atomic E-state index is 0. The van der Waals surface area contributed by atoms with Gasteiger partial charge in [-0.1, -0.05) is 0 Å². The molecule has 0 N–H and O–H groups in total. The molecule has 21 heteroatoms. The van der Waals surface area contributed by atoms with E-state index < -0.39 is 48.6 Å². The van der Waals surface area contributed by atoms with Crippen molar-refractivity contribution < 1.29 is 109 Å². The Morgan fingerprint density at radius 1 is 0.379 bits per heavy atom. The predicted molar refractivity (Wildman–Crippen MR) is 44.2 cm³/mol. The van der Waals surface area contributed by atoms with Crippen LogP contribution >= 0.6 is 0 Å². The predicted octanol–water partition coefficient (Wildman–Crippen LogP) is -2.81. The number of aliphatic carboxylic acids is 4. The van der Waals surface area contributed by atoms with Crippen molar-refractivity contribution >= 4 is 23.9 Å². The first kappa shape index (κ1) is 37.3. The van der Waals surface area contributed by atoms with Crippen LogP contribution in [0.3, 0.4) is 0 Å². The van der Waals surface area contributed by atoms with Crippen LogP contribution in [0.2, 0.25) is 0 Å². The quantitative estimate of drug-likeness (QED) is 0.251. The monoisotopic (exact) mass is 507 g/mol. The molecule has 29 heavy (non-hydrogen) atoms. The van der Waals surface area contributed by atoms with Gasteiger partial charge in [0.25, 0.3) is 0 Å². The molecule has 8 nitrogen and oxygen atoms in total. The Bertz CT molecular complexity index is 436. The molecule has 0 aliphatic rings. The molecule has 0 atom stereocenters. The fourth-order valence-electron chi connectivity index (χ4n) is 0. The fourth-order valence-corrected chi connectivity index (χ4v) is 0. The van der Waals surface area contributed by atoms with Crippen molar-refractivity contribution in [1.29, 1.82) is 0 Å². The van der Waals surface area contributed by atoms with E-state index in [4.69, 9.17) is 39.6 Å². The SMILES string of the molecule is O=C([O-])C(F)(F)F.O=C([O-])C(F)(F)F.O=C([O-])C(F)(F)F.O=C([O-])C(F)(F)F.[Mn]. The summed E-state index contributed by atoms with van der Waals surface area (Å²) in [6.07, 6.45) is -20.8. The molecule has 0 unspecified atom stereocenters. The number of carboxylic acids is 4. The van der Waals surface area contributed by atoms with Crippen molar-refractivity contribution in [3.05, 3.63) is 0 Å². The Balaban J connectivity index is -0.0000000873. The maximum absolute atomic E-state index is 10.5. The molecular formula is C8F12MnO8-4. The number of rotatable bonds is 0. The molecule has 175 valence electrons. The van der Waals surface area contributed by atoms with Crippen LogP contribution in [0.4, 0.5) is 52.7 Å². The van der Waals surface area contributed by atoms with Gasteiger partial charge in [-0.2, -0.15) is 52.7 Å². The fraction of sp³-hybridized carbons (Fsp3) is 0.500. The van der Waals surface area contributed by atoms with E-state index in [9.17, 15) is 52.7 Å². The van der Waals surface area contributed by atoms with Gasteiger partial charge in [0.2, 0.25) is 0 Å². The van der Waals surface area contributed by atoms with Crippen LogP contribution in [-0.4, -0.2) is 48.6 Å². The first-order valence-corrected chi connectivity index (χ1v) is 4.90.